The Morgan fingerprint density at radius 1 is 1.47 bits per heavy atom. The van der Waals surface area contributed by atoms with Gasteiger partial charge < -0.3 is 10.5 Å². The van der Waals surface area contributed by atoms with Gasteiger partial charge in [-0.1, -0.05) is 13.0 Å². The summed E-state index contributed by atoms with van der Waals surface area (Å²) in [6.45, 7) is 2.15. The number of methoxy groups -OCH3 is 1. The molecule has 94 valence electrons. The van der Waals surface area contributed by atoms with Crippen LogP contribution in [0, 0.1) is 0 Å². The highest BCUT2D eigenvalue weighted by Crippen LogP contribution is 2.40. The maximum atomic E-state index is 6.30. The van der Waals surface area contributed by atoms with Gasteiger partial charge in [0, 0.05) is 31.0 Å². The standard InChI is InChI=1S/C14H22N2O/c1-11(13-6-3-4-9-16-13)12(15)10-14(17-2)7-5-8-14/h3-4,6,9,11-12H,5,7-8,10,15H2,1-2H3. The fourth-order valence-electron chi connectivity index (χ4n) is 2.53. The molecule has 1 aromatic rings. The fourth-order valence-corrected chi connectivity index (χ4v) is 2.53. The fraction of sp³-hybridized carbons (Fsp3) is 0.643. The maximum absolute atomic E-state index is 6.30. The van der Waals surface area contributed by atoms with Gasteiger partial charge in [-0.05, 0) is 37.8 Å². The molecule has 1 heterocycles. The summed E-state index contributed by atoms with van der Waals surface area (Å²) in [4.78, 5) is 4.38. The van der Waals surface area contributed by atoms with Crippen LogP contribution in [0.5, 0.6) is 0 Å². The van der Waals surface area contributed by atoms with E-state index < -0.39 is 0 Å². The van der Waals surface area contributed by atoms with Crippen LogP contribution >= 0.6 is 0 Å². The molecule has 2 atom stereocenters. The van der Waals surface area contributed by atoms with Crippen LogP contribution in [-0.2, 0) is 4.74 Å². The van der Waals surface area contributed by atoms with Crippen molar-refractivity contribution in [2.45, 2.75) is 50.2 Å². The molecule has 0 amide bonds. The van der Waals surface area contributed by atoms with Crippen molar-refractivity contribution < 1.29 is 4.74 Å². The number of hydrogen-bond donors (Lipinski definition) is 1. The summed E-state index contributed by atoms with van der Waals surface area (Å²) in [7, 11) is 1.80. The Morgan fingerprint density at radius 2 is 2.24 bits per heavy atom. The van der Waals surface area contributed by atoms with Crippen molar-refractivity contribution in [3.05, 3.63) is 30.1 Å². The van der Waals surface area contributed by atoms with E-state index in [2.05, 4.69) is 11.9 Å². The predicted octanol–water partition coefficient (Wildman–Crippen LogP) is 2.47. The largest absolute Gasteiger partial charge is 0.378 e. The molecule has 0 aromatic carbocycles. The molecule has 0 bridgehead atoms. The number of rotatable bonds is 5. The first-order chi connectivity index (χ1) is 8.17. The zero-order valence-electron chi connectivity index (χ0n) is 10.7. The third-order valence-corrected chi connectivity index (χ3v) is 4.10. The Balaban J connectivity index is 1.98. The second-order valence-corrected chi connectivity index (χ2v) is 5.15. The maximum Gasteiger partial charge on any atom is 0.0693 e. The normalized spacial score (nSPS) is 21.6. The summed E-state index contributed by atoms with van der Waals surface area (Å²) < 4.78 is 5.63. The lowest BCUT2D eigenvalue weighted by atomic mass is 9.74. The first-order valence-corrected chi connectivity index (χ1v) is 6.38. The van der Waals surface area contributed by atoms with E-state index in [-0.39, 0.29) is 17.6 Å². The average molecular weight is 234 g/mol. The van der Waals surface area contributed by atoms with Gasteiger partial charge in [-0.25, -0.2) is 0 Å². The minimum atomic E-state index is 0.0441. The lowest BCUT2D eigenvalue weighted by Crippen LogP contribution is -2.45. The third-order valence-electron chi connectivity index (χ3n) is 4.10. The van der Waals surface area contributed by atoms with Crippen LogP contribution in [0.2, 0.25) is 0 Å². The Hall–Kier alpha value is -0.930. The van der Waals surface area contributed by atoms with Crippen molar-refractivity contribution in [3.8, 4) is 0 Å². The Bertz CT molecular complexity index is 343. The molecule has 1 aliphatic rings. The van der Waals surface area contributed by atoms with Gasteiger partial charge in [0.15, 0.2) is 0 Å². The van der Waals surface area contributed by atoms with Crippen molar-refractivity contribution >= 4 is 0 Å². The van der Waals surface area contributed by atoms with E-state index in [0.29, 0.717) is 0 Å². The number of hydrogen-bond acceptors (Lipinski definition) is 3. The molecule has 3 nitrogen and oxygen atoms in total. The summed E-state index contributed by atoms with van der Waals surface area (Å²) in [5.74, 6) is 0.281. The van der Waals surface area contributed by atoms with Crippen LogP contribution in [0.25, 0.3) is 0 Å². The number of aromatic nitrogens is 1. The number of ether oxygens (including phenoxy) is 1. The van der Waals surface area contributed by atoms with Crippen molar-refractivity contribution in [2.24, 2.45) is 5.73 Å². The lowest BCUT2D eigenvalue weighted by Gasteiger charge is -2.43. The van der Waals surface area contributed by atoms with Crippen LogP contribution in [-0.4, -0.2) is 23.7 Å². The van der Waals surface area contributed by atoms with E-state index in [1.54, 1.807) is 7.11 Å². The highest BCUT2D eigenvalue weighted by atomic mass is 16.5. The summed E-state index contributed by atoms with van der Waals surface area (Å²) in [6, 6.07) is 6.11. The molecule has 2 N–H and O–H groups in total. The topological polar surface area (TPSA) is 48.1 Å². The molecule has 0 saturated heterocycles. The summed E-state index contributed by atoms with van der Waals surface area (Å²) in [5.41, 5.74) is 7.42. The van der Waals surface area contributed by atoms with Crippen LogP contribution < -0.4 is 5.73 Å². The first kappa shape index (κ1) is 12.5. The highest BCUT2D eigenvalue weighted by molar-refractivity contribution is 5.11. The van der Waals surface area contributed by atoms with Crippen molar-refractivity contribution in [3.63, 3.8) is 0 Å². The Labute approximate surface area is 103 Å². The molecular formula is C14H22N2O. The molecule has 2 unspecified atom stereocenters. The second-order valence-electron chi connectivity index (χ2n) is 5.15. The number of pyridine rings is 1. The van der Waals surface area contributed by atoms with Crippen LogP contribution in [0.1, 0.15) is 44.2 Å². The zero-order valence-corrected chi connectivity index (χ0v) is 10.7. The summed E-state index contributed by atoms with van der Waals surface area (Å²) >= 11 is 0. The molecule has 1 aliphatic carbocycles. The monoisotopic (exact) mass is 234 g/mol. The molecule has 0 radical (unpaired) electrons. The SMILES string of the molecule is COC1(CC(N)C(C)c2ccccn2)CCC1. The molecule has 1 fully saturated rings. The van der Waals surface area contributed by atoms with Gasteiger partial charge in [0.05, 0.1) is 5.60 Å². The van der Waals surface area contributed by atoms with E-state index in [9.17, 15) is 0 Å². The molecule has 17 heavy (non-hydrogen) atoms. The van der Waals surface area contributed by atoms with Gasteiger partial charge >= 0.3 is 0 Å². The van der Waals surface area contributed by atoms with E-state index >= 15 is 0 Å². The molecule has 0 spiro atoms. The van der Waals surface area contributed by atoms with Gasteiger partial charge in [-0.2, -0.15) is 0 Å². The van der Waals surface area contributed by atoms with E-state index in [0.717, 1.165) is 25.0 Å². The van der Waals surface area contributed by atoms with Gasteiger partial charge in [-0.15, -0.1) is 0 Å². The molecule has 1 saturated carbocycles. The molecule has 0 aliphatic heterocycles. The second kappa shape index (κ2) is 5.15. The minimum Gasteiger partial charge on any atom is -0.378 e. The Morgan fingerprint density at radius 3 is 2.71 bits per heavy atom. The predicted molar refractivity (Wildman–Crippen MR) is 68.8 cm³/mol. The van der Waals surface area contributed by atoms with Gasteiger partial charge in [0.2, 0.25) is 0 Å². The van der Waals surface area contributed by atoms with E-state index in [4.69, 9.17) is 10.5 Å². The van der Waals surface area contributed by atoms with Crippen molar-refractivity contribution in [1.82, 2.24) is 4.98 Å². The number of nitrogens with zero attached hydrogens (tertiary/aromatic N) is 1. The minimum absolute atomic E-state index is 0.0441. The van der Waals surface area contributed by atoms with E-state index in [1.165, 1.54) is 6.42 Å². The lowest BCUT2D eigenvalue weighted by molar-refractivity contribution is -0.0825. The van der Waals surface area contributed by atoms with E-state index in [1.807, 2.05) is 24.4 Å². The first-order valence-electron chi connectivity index (χ1n) is 6.38. The van der Waals surface area contributed by atoms with Crippen LogP contribution in [0.15, 0.2) is 24.4 Å². The smallest absolute Gasteiger partial charge is 0.0693 e. The molecule has 1 aromatic heterocycles. The number of nitrogens with two attached hydrogens (primary N) is 1. The van der Waals surface area contributed by atoms with Gasteiger partial charge in [-0.3, -0.25) is 4.98 Å². The molecule has 3 heteroatoms. The van der Waals surface area contributed by atoms with Crippen molar-refractivity contribution in [2.75, 3.05) is 7.11 Å². The molecular weight excluding hydrogens is 212 g/mol. The highest BCUT2D eigenvalue weighted by Gasteiger charge is 2.39. The summed E-state index contributed by atoms with van der Waals surface area (Å²) in [6.07, 6.45) is 6.31. The van der Waals surface area contributed by atoms with Gasteiger partial charge in [0.25, 0.3) is 0 Å². The Kier molecular flexibility index (Phi) is 3.79. The zero-order chi connectivity index (χ0) is 12.3. The van der Waals surface area contributed by atoms with Crippen LogP contribution in [0.3, 0.4) is 0 Å². The quantitative estimate of drug-likeness (QED) is 0.851. The average Bonchev–Trinajstić information content (AvgIpc) is 2.33. The van der Waals surface area contributed by atoms with Crippen LogP contribution in [0.4, 0.5) is 0 Å². The van der Waals surface area contributed by atoms with Gasteiger partial charge in [0.1, 0.15) is 0 Å². The molecule has 2 rings (SSSR count). The third kappa shape index (κ3) is 2.67. The summed E-state index contributed by atoms with van der Waals surface area (Å²) in [5, 5.41) is 0. The van der Waals surface area contributed by atoms with Crippen molar-refractivity contribution in [1.29, 1.82) is 0 Å².